The number of nitrogens with two attached hydrogens (primary N) is 3. The summed E-state index contributed by atoms with van der Waals surface area (Å²) in [6.07, 6.45) is 7.51. The second-order valence-electron chi connectivity index (χ2n) is 10.5. The van der Waals surface area contributed by atoms with Crippen LogP contribution in [0.1, 0.15) is 64.7 Å². The summed E-state index contributed by atoms with van der Waals surface area (Å²) in [5.41, 5.74) is 16.9. The second kappa shape index (κ2) is 15.6. The first-order valence-corrected chi connectivity index (χ1v) is 15.5. The van der Waals surface area contributed by atoms with E-state index in [2.05, 4.69) is 10.3 Å². The number of nitro groups is 1. The number of carbonyl (C=O) groups excluding carboxylic acids is 2. The van der Waals surface area contributed by atoms with Crippen molar-refractivity contribution in [2.45, 2.75) is 76.8 Å². The van der Waals surface area contributed by atoms with E-state index in [1.165, 1.54) is 24.3 Å². The first-order valence-electron chi connectivity index (χ1n) is 13.7. The number of ketones is 1. The van der Waals surface area contributed by atoms with Gasteiger partial charge in [0.25, 0.3) is 5.69 Å². The largest absolute Gasteiger partial charge is 0.370 e. The summed E-state index contributed by atoms with van der Waals surface area (Å²) in [6, 6.07) is 3.57. The van der Waals surface area contributed by atoms with Gasteiger partial charge in [-0.15, -0.1) is 0 Å². The molecular weight excluding hydrogens is 538 g/mol. The molecule has 1 aliphatic carbocycles. The normalized spacial score (nSPS) is 16.6. The molecule has 1 fully saturated rings. The zero-order valence-corrected chi connectivity index (χ0v) is 24.1. The van der Waals surface area contributed by atoms with Crippen molar-refractivity contribution in [2.24, 2.45) is 34.0 Å². The molecule has 0 saturated heterocycles. The molecule has 7 N–H and O–H groups in total. The molecule has 1 saturated carbocycles. The molecule has 40 heavy (non-hydrogen) atoms. The van der Waals surface area contributed by atoms with Crippen molar-refractivity contribution in [3.05, 3.63) is 34.4 Å². The molecule has 1 aromatic carbocycles. The van der Waals surface area contributed by atoms with Gasteiger partial charge in [0.2, 0.25) is 15.9 Å². The van der Waals surface area contributed by atoms with E-state index >= 15 is 0 Å². The summed E-state index contributed by atoms with van der Waals surface area (Å²) in [4.78, 5) is 40.7. The number of hydrogen-bond donors (Lipinski definition) is 4. The van der Waals surface area contributed by atoms with Crippen molar-refractivity contribution in [3.63, 3.8) is 0 Å². The molecule has 0 aromatic heterocycles. The van der Waals surface area contributed by atoms with Gasteiger partial charge in [-0.2, -0.15) is 4.31 Å². The third-order valence-corrected chi connectivity index (χ3v) is 8.57. The van der Waals surface area contributed by atoms with Gasteiger partial charge in [-0.1, -0.05) is 19.3 Å². The van der Waals surface area contributed by atoms with Gasteiger partial charge in [-0.3, -0.25) is 24.7 Å². The Balaban J connectivity index is 2.24. The third kappa shape index (κ3) is 10.5. The van der Waals surface area contributed by atoms with E-state index in [0.717, 1.165) is 42.7 Å². The average Bonchev–Trinajstić information content (AvgIpc) is 2.89. The van der Waals surface area contributed by atoms with Gasteiger partial charge in [0.15, 0.2) is 11.7 Å². The first-order chi connectivity index (χ1) is 18.8. The van der Waals surface area contributed by atoms with Crippen LogP contribution in [0.2, 0.25) is 0 Å². The summed E-state index contributed by atoms with van der Waals surface area (Å²) in [5.74, 6) is -0.739. The Hall–Kier alpha value is -3.10. The van der Waals surface area contributed by atoms with Crippen molar-refractivity contribution in [3.8, 4) is 0 Å². The first kappa shape index (κ1) is 33.1. The van der Waals surface area contributed by atoms with Crippen LogP contribution in [-0.4, -0.2) is 66.7 Å². The summed E-state index contributed by atoms with van der Waals surface area (Å²) in [5, 5.41) is 13.6. The number of guanidine groups is 1. The van der Waals surface area contributed by atoms with Gasteiger partial charge in [0.1, 0.15) is 6.04 Å². The highest BCUT2D eigenvalue weighted by Crippen LogP contribution is 2.34. The van der Waals surface area contributed by atoms with Crippen LogP contribution in [0.3, 0.4) is 0 Å². The van der Waals surface area contributed by atoms with Gasteiger partial charge < -0.3 is 22.5 Å². The summed E-state index contributed by atoms with van der Waals surface area (Å²) in [6.45, 7) is 1.92. The van der Waals surface area contributed by atoms with Gasteiger partial charge in [-0.25, -0.2) is 8.42 Å². The lowest BCUT2D eigenvalue weighted by Gasteiger charge is -2.32. The number of amides is 1. The average molecular weight is 582 g/mol. The summed E-state index contributed by atoms with van der Waals surface area (Å²) < 4.78 is 27.0. The van der Waals surface area contributed by atoms with Crippen LogP contribution >= 0.6 is 0 Å². The maximum atomic E-state index is 13.4. The van der Waals surface area contributed by atoms with Crippen molar-refractivity contribution in [1.29, 1.82) is 0 Å². The summed E-state index contributed by atoms with van der Waals surface area (Å²) >= 11 is 0. The van der Waals surface area contributed by atoms with Crippen LogP contribution < -0.4 is 22.5 Å². The molecule has 2 rings (SSSR count). The molecule has 1 unspecified atom stereocenters. The molecule has 1 aromatic rings. The quantitative estimate of drug-likeness (QED) is 0.0737. The molecule has 3 atom stereocenters. The van der Waals surface area contributed by atoms with Crippen molar-refractivity contribution >= 4 is 39.0 Å². The van der Waals surface area contributed by atoms with Gasteiger partial charge in [0, 0.05) is 36.8 Å². The van der Waals surface area contributed by atoms with E-state index in [1.807, 2.05) is 0 Å². The minimum absolute atomic E-state index is 0.0116. The number of nitrogens with one attached hydrogen (secondary N) is 1. The van der Waals surface area contributed by atoms with Crippen LogP contribution in [-0.2, 0) is 19.6 Å². The fraction of sp³-hybridized carbons (Fsp3) is 0.654. The highest BCUT2D eigenvalue weighted by molar-refractivity contribution is 7.88. The minimum Gasteiger partial charge on any atom is -0.370 e. The van der Waals surface area contributed by atoms with Crippen LogP contribution in [0.4, 0.5) is 11.4 Å². The third-order valence-electron chi connectivity index (χ3n) is 7.28. The van der Waals surface area contributed by atoms with Crippen molar-refractivity contribution in [1.82, 2.24) is 4.31 Å². The van der Waals surface area contributed by atoms with E-state index < -0.39 is 32.9 Å². The number of nitrogens with zero attached hydrogens (tertiary/aromatic N) is 3. The maximum absolute atomic E-state index is 13.4. The molecule has 224 valence electrons. The van der Waals surface area contributed by atoms with E-state index in [9.17, 15) is 28.1 Å². The molecule has 1 aliphatic rings. The number of carbonyl (C=O) groups is 2. The second-order valence-corrected chi connectivity index (χ2v) is 12.4. The standard InChI is InChI=1S/C26H43N7O6S/c1-18(27)24(34)22(19-8-4-3-5-9-19)10-7-17-32(40(2,38)39)23(11-6-16-30-26(28)29)25(35)31-20-12-14-21(15-13-20)33(36)37/h12-15,18-19,22-23H,3-11,16-17,27H2,1-2H3,(H,31,35)(H4,28,29,30)/t18-,22?,23-/m0/s1. The highest BCUT2D eigenvalue weighted by Gasteiger charge is 2.34. The lowest BCUT2D eigenvalue weighted by Crippen LogP contribution is -2.47. The Kier molecular flexibility index (Phi) is 12.9. The Labute approximate surface area is 236 Å². The molecule has 0 bridgehead atoms. The fourth-order valence-corrected chi connectivity index (χ4v) is 6.42. The fourth-order valence-electron chi connectivity index (χ4n) is 5.30. The predicted molar refractivity (Wildman–Crippen MR) is 155 cm³/mol. The number of nitro benzene ring substituents is 1. The number of hydrogen-bond acceptors (Lipinski definition) is 8. The number of rotatable bonds is 16. The predicted octanol–water partition coefficient (Wildman–Crippen LogP) is 2.11. The lowest BCUT2D eigenvalue weighted by atomic mass is 9.75. The van der Waals surface area contributed by atoms with E-state index in [1.54, 1.807) is 6.92 Å². The topological polar surface area (TPSA) is 217 Å². The Bertz CT molecular complexity index is 1130. The molecule has 1 amide bonds. The van der Waals surface area contributed by atoms with Gasteiger partial charge in [-0.05, 0) is 63.5 Å². The zero-order valence-electron chi connectivity index (χ0n) is 23.3. The number of Topliss-reactive ketones (excluding diaryl/α,β-unsaturated/α-hetero) is 1. The Morgan fingerprint density at radius 1 is 1.12 bits per heavy atom. The van der Waals surface area contributed by atoms with Crippen LogP contribution in [0, 0.1) is 22.0 Å². The Morgan fingerprint density at radius 3 is 2.27 bits per heavy atom. The SMILES string of the molecule is C[C@H](N)C(=O)C(CCCN([C@@H](CCCN=C(N)N)C(=O)Nc1ccc([N+](=O)[O-])cc1)S(C)(=O)=O)C1CCCCC1. The molecule has 13 nitrogen and oxygen atoms in total. The van der Waals surface area contributed by atoms with Crippen LogP contribution in [0.5, 0.6) is 0 Å². The molecular formula is C26H43N7O6S. The monoisotopic (exact) mass is 581 g/mol. The number of anilines is 1. The van der Waals surface area contributed by atoms with E-state index in [0.29, 0.717) is 19.3 Å². The molecule has 0 aliphatic heterocycles. The maximum Gasteiger partial charge on any atom is 0.269 e. The molecule has 0 spiro atoms. The number of aliphatic imine (C=N–C) groups is 1. The number of benzene rings is 1. The van der Waals surface area contributed by atoms with E-state index in [4.69, 9.17) is 17.2 Å². The van der Waals surface area contributed by atoms with Crippen LogP contribution in [0.25, 0.3) is 0 Å². The zero-order chi connectivity index (χ0) is 29.9. The highest BCUT2D eigenvalue weighted by atomic mass is 32.2. The van der Waals surface area contributed by atoms with Gasteiger partial charge >= 0.3 is 0 Å². The van der Waals surface area contributed by atoms with Crippen molar-refractivity contribution < 1.29 is 22.9 Å². The van der Waals surface area contributed by atoms with Crippen LogP contribution in [0.15, 0.2) is 29.3 Å². The Morgan fingerprint density at radius 2 is 1.75 bits per heavy atom. The smallest absolute Gasteiger partial charge is 0.269 e. The van der Waals surface area contributed by atoms with Gasteiger partial charge in [0.05, 0.1) is 17.2 Å². The molecule has 14 heteroatoms. The van der Waals surface area contributed by atoms with Crippen molar-refractivity contribution in [2.75, 3.05) is 24.7 Å². The number of non-ortho nitro benzene ring substituents is 1. The lowest BCUT2D eigenvalue weighted by molar-refractivity contribution is -0.384. The van der Waals surface area contributed by atoms with E-state index in [-0.39, 0.29) is 54.5 Å². The molecule has 0 radical (unpaired) electrons. The minimum atomic E-state index is -3.84. The number of sulfonamides is 1. The molecule has 0 heterocycles. The summed E-state index contributed by atoms with van der Waals surface area (Å²) in [7, 11) is -3.84.